The van der Waals surface area contributed by atoms with Gasteiger partial charge in [-0.3, -0.25) is 9.48 Å². The molecular formula is C11H18N4O. The van der Waals surface area contributed by atoms with Crippen molar-refractivity contribution >= 4 is 11.6 Å². The van der Waals surface area contributed by atoms with Crippen molar-refractivity contribution < 1.29 is 4.79 Å². The van der Waals surface area contributed by atoms with Crippen molar-refractivity contribution in [2.24, 2.45) is 12.8 Å². The molecule has 1 aromatic rings. The van der Waals surface area contributed by atoms with E-state index in [9.17, 15) is 4.79 Å². The van der Waals surface area contributed by atoms with Gasteiger partial charge in [-0.1, -0.05) is 6.92 Å². The second-order valence-corrected chi connectivity index (χ2v) is 4.23. The third kappa shape index (κ3) is 1.82. The van der Waals surface area contributed by atoms with Gasteiger partial charge in [0.25, 0.3) is 0 Å². The zero-order chi connectivity index (χ0) is 11.7. The number of carbonyl (C=O) groups is 1. The number of nitrogens with two attached hydrogens (primary N) is 1. The number of carbonyl (C=O) groups excluding carboxylic acids is 1. The topological polar surface area (TPSA) is 64.2 Å². The molecule has 0 spiro atoms. The molecular weight excluding hydrogens is 204 g/mol. The Morgan fingerprint density at radius 1 is 1.62 bits per heavy atom. The molecule has 1 saturated heterocycles. The van der Waals surface area contributed by atoms with Crippen molar-refractivity contribution in [3.8, 4) is 0 Å². The first-order chi connectivity index (χ1) is 7.63. The minimum Gasteiger partial charge on any atom is -0.320 e. The van der Waals surface area contributed by atoms with Crippen molar-refractivity contribution in [3.05, 3.63) is 11.9 Å². The summed E-state index contributed by atoms with van der Waals surface area (Å²) in [5.41, 5.74) is 7.67. The predicted octanol–water partition coefficient (Wildman–Crippen LogP) is 0.437. The molecule has 2 heterocycles. The number of anilines is 1. The third-order valence-electron chi connectivity index (χ3n) is 2.99. The van der Waals surface area contributed by atoms with Crippen LogP contribution in [0.4, 0.5) is 5.69 Å². The zero-order valence-corrected chi connectivity index (χ0v) is 9.81. The third-order valence-corrected chi connectivity index (χ3v) is 2.99. The van der Waals surface area contributed by atoms with Crippen LogP contribution in [-0.4, -0.2) is 28.3 Å². The molecule has 2 rings (SSSR count). The number of aryl methyl sites for hydroxylation is 2. The smallest absolute Gasteiger partial charge is 0.243 e. The Labute approximate surface area is 95.2 Å². The largest absolute Gasteiger partial charge is 0.320 e. The molecule has 5 nitrogen and oxygen atoms in total. The summed E-state index contributed by atoms with van der Waals surface area (Å²) >= 11 is 0. The van der Waals surface area contributed by atoms with E-state index < -0.39 is 0 Å². The van der Waals surface area contributed by atoms with Gasteiger partial charge in [0.05, 0.1) is 17.4 Å². The van der Waals surface area contributed by atoms with Gasteiger partial charge in [-0.15, -0.1) is 0 Å². The Morgan fingerprint density at radius 2 is 2.38 bits per heavy atom. The van der Waals surface area contributed by atoms with Crippen LogP contribution >= 0.6 is 0 Å². The van der Waals surface area contributed by atoms with E-state index >= 15 is 0 Å². The molecule has 2 N–H and O–H groups in total. The number of hydrogen-bond acceptors (Lipinski definition) is 3. The van der Waals surface area contributed by atoms with Crippen molar-refractivity contribution in [2.75, 3.05) is 11.4 Å². The van der Waals surface area contributed by atoms with Crippen molar-refractivity contribution in [3.63, 3.8) is 0 Å². The SMILES string of the molecule is CCc1nn(C)cc1N1CCCC(N)C1=O. The summed E-state index contributed by atoms with van der Waals surface area (Å²) in [6.07, 6.45) is 4.48. The molecule has 1 aliphatic rings. The van der Waals surface area contributed by atoms with Gasteiger partial charge in [-0.2, -0.15) is 5.10 Å². The van der Waals surface area contributed by atoms with Gasteiger partial charge < -0.3 is 10.6 Å². The zero-order valence-electron chi connectivity index (χ0n) is 9.81. The van der Waals surface area contributed by atoms with Gasteiger partial charge in [-0.05, 0) is 19.3 Å². The van der Waals surface area contributed by atoms with E-state index in [4.69, 9.17) is 5.73 Å². The highest BCUT2D eigenvalue weighted by molar-refractivity contribution is 5.98. The van der Waals surface area contributed by atoms with Crippen LogP contribution in [0.15, 0.2) is 6.20 Å². The lowest BCUT2D eigenvalue weighted by Gasteiger charge is -2.30. The minimum atomic E-state index is -0.348. The second-order valence-electron chi connectivity index (χ2n) is 4.23. The van der Waals surface area contributed by atoms with Crippen LogP contribution in [0.2, 0.25) is 0 Å². The summed E-state index contributed by atoms with van der Waals surface area (Å²) in [7, 11) is 1.87. The van der Waals surface area contributed by atoms with Crippen LogP contribution in [0.3, 0.4) is 0 Å². The first-order valence-electron chi connectivity index (χ1n) is 5.73. The monoisotopic (exact) mass is 222 g/mol. The highest BCUT2D eigenvalue weighted by Crippen LogP contribution is 2.23. The lowest BCUT2D eigenvalue weighted by molar-refractivity contribution is -0.120. The van der Waals surface area contributed by atoms with E-state index in [0.717, 1.165) is 37.2 Å². The van der Waals surface area contributed by atoms with E-state index in [1.54, 1.807) is 9.58 Å². The van der Waals surface area contributed by atoms with Crippen molar-refractivity contribution in [2.45, 2.75) is 32.2 Å². The first kappa shape index (κ1) is 11.1. The number of hydrogen-bond donors (Lipinski definition) is 1. The Balaban J connectivity index is 2.31. The van der Waals surface area contributed by atoms with Crippen LogP contribution in [-0.2, 0) is 18.3 Å². The molecule has 0 aliphatic carbocycles. The average Bonchev–Trinajstić information content (AvgIpc) is 2.63. The average molecular weight is 222 g/mol. The molecule has 0 radical (unpaired) electrons. The van der Waals surface area contributed by atoms with E-state index in [-0.39, 0.29) is 11.9 Å². The van der Waals surface area contributed by atoms with Gasteiger partial charge in [0.15, 0.2) is 0 Å². The molecule has 88 valence electrons. The predicted molar refractivity (Wildman–Crippen MR) is 62.1 cm³/mol. The minimum absolute atomic E-state index is 0.0222. The molecule has 1 aromatic heterocycles. The van der Waals surface area contributed by atoms with Crippen LogP contribution in [0.1, 0.15) is 25.5 Å². The fourth-order valence-electron chi connectivity index (χ4n) is 2.14. The standard InChI is InChI=1S/C11H18N4O/c1-3-9-10(7-14(2)13-9)15-6-4-5-8(12)11(15)16/h7-8H,3-6,12H2,1-2H3. The molecule has 1 atom stereocenters. The van der Waals surface area contributed by atoms with E-state index in [0.29, 0.717) is 0 Å². The summed E-state index contributed by atoms with van der Waals surface area (Å²) in [5.74, 6) is 0.0222. The highest BCUT2D eigenvalue weighted by atomic mass is 16.2. The Morgan fingerprint density at radius 3 is 3.06 bits per heavy atom. The van der Waals surface area contributed by atoms with Crippen molar-refractivity contribution in [1.82, 2.24) is 9.78 Å². The fourth-order valence-corrected chi connectivity index (χ4v) is 2.14. The van der Waals surface area contributed by atoms with Gasteiger partial charge >= 0.3 is 0 Å². The molecule has 16 heavy (non-hydrogen) atoms. The molecule has 0 bridgehead atoms. The second kappa shape index (κ2) is 4.25. The summed E-state index contributed by atoms with van der Waals surface area (Å²) < 4.78 is 1.75. The van der Waals surface area contributed by atoms with E-state index in [2.05, 4.69) is 5.10 Å². The number of nitrogens with zero attached hydrogens (tertiary/aromatic N) is 3. The van der Waals surface area contributed by atoms with Gasteiger partial charge in [0.2, 0.25) is 5.91 Å². The van der Waals surface area contributed by atoms with E-state index in [1.807, 2.05) is 20.2 Å². The number of aromatic nitrogens is 2. The summed E-state index contributed by atoms with van der Waals surface area (Å²) in [4.78, 5) is 13.7. The molecule has 5 heteroatoms. The van der Waals surface area contributed by atoms with E-state index in [1.165, 1.54) is 0 Å². The number of amides is 1. The van der Waals surface area contributed by atoms with Crippen LogP contribution in [0.5, 0.6) is 0 Å². The van der Waals surface area contributed by atoms with Gasteiger partial charge in [0.1, 0.15) is 0 Å². The van der Waals surface area contributed by atoms with Crippen LogP contribution in [0.25, 0.3) is 0 Å². The summed E-state index contributed by atoms with van der Waals surface area (Å²) in [5, 5.41) is 4.35. The lowest BCUT2D eigenvalue weighted by atomic mass is 10.0. The summed E-state index contributed by atoms with van der Waals surface area (Å²) in [6, 6.07) is -0.348. The Bertz CT molecular complexity index is 399. The number of piperidine rings is 1. The Hall–Kier alpha value is -1.36. The molecule has 1 unspecified atom stereocenters. The maximum Gasteiger partial charge on any atom is 0.243 e. The molecule has 0 saturated carbocycles. The maximum atomic E-state index is 12.0. The van der Waals surface area contributed by atoms with Gasteiger partial charge in [0, 0.05) is 19.8 Å². The first-order valence-corrected chi connectivity index (χ1v) is 5.73. The lowest BCUT2D eigenvalue weighted by Crippen LogP contribution is -2.48. The molecule has 0 aromatic carbocycles. The van der Waals surface area contributed by atoms with Crippen molar-refractivity contribution in [1.29, 1.82) is 0 Å². The number of rotatable bonds is 2. The van der Waals surface area contributed by atoms with Crippen LogP contribution in [0, 0.1) is 0 Å². The normalized spacial score (nSPS) is 21.6. The van der Waals surface area contributed by atoms with Crippen LogP contribution < -0.4 is 10.6 Å². The molecule has 1 aliphatic heterocycles. The highest BCUT2D eigenvalue weighted by Gasteiger charge is 2.28. The molecule has 1 amide bonds. The Kier molecular flexibility index (Phi) is 2.96. The fraction of sp³-hybridized carbons (Fsp3) is 0.636. The maximum absolute atomic E-state index is 12.0. The summed E-state index contributed by atoms with van der Waals surface area (Å²) in [6.45, 7) is 2.80. The quantitative estimate of drug-likeness (QED) is 0.789. The molecule has 1 fully saturated rings. The van der Waals surface area contributed by atoms with Gasteiger partial charge in [-0.25, -0.2) is 0 Å².